The molecule has 2 aromatic rings. The van der Waals surface area contributed by atoms with E-state index in [1.54, 1.807) is 18.0 Å². The zero-order valence-electron chi connectivity index (χ0n) is 11.0. The highest BCUT2D eigenvalue weighted by Crippen LogP contribution is 2.24. The first kappa shape index (κ1) is 13.5. The third-order valence-electron chi connectivity index (χ3n) is 2.84. The van der Waals surface area contributed by atoms with Crippen LogP contribution in [0.4, 0.5) is 11.4 Å². The molecule has 0 aliphatic rings. The molecule has 6 heteroatoms. The molecule has 0 saturated carbocycles. The first-order valence-electron chi connectivity index (χ1n) is 6.09. The number of aryl methyl sites for hydroxylation is 1. The SMILES string of the molecule is CCCc1nnsc1C(=O)N(C)c1ccccc1N. The van der Waals surface area contributed by atoms with Gasteiger partial charge in [0, 0.05) is 7.05 Å². The quantitative estimate of drug-likeness (QED) is 0.870. The van der Waals surface area contributed by atoms with Crippen molar-refractivity contribution in [1.82, 2.24) is 9.59 Å². The number of nitrogens with zero attached hydrogens (tertiary/aromatic N) is 3. The first-order chi connectivity index (χ1) is 9.15. The molecule has 0 unspecified atom stereocenters. The van der Waals surface area contributed by atoms with Gasteiger partial charge in [-0.3, -0.25) is 4.79 Å². The molecule has 0 aliphatic carbocycles. The molecule has 0 radical (unpaired) electrons. The van der Waals surface area contributed by atoms with Crippen LogP contribution in [-0.2, 0) is 6.42 Å². The van der Waals surface area contributed by atoms with Crippen LogP contribution in [0.1, 0.15) is 28.7 Å². The Morgan fingerprint density at radius 2 is 2.16 bits per heavy atom. The number of nitrogen functional groups attached to an aromatic ring is 1. The lowest BCUT2D eigenvalue weighted by Gasteiger charge is -2.18. The van der Waals surface area contributed by atoms with E-state index < -0.39 is 0 Å². The number of rotatable bonds is 4. The van der Waals surface area contributed by atoms with Crippen molar-refractivity contribution in [3.63, 3.8) is 0 Å². The van der Waals surface area contributed by atoms with E-state index >= 15 is 0 Å². The minimum absolute atomic E-state index is 0.114. The predicted molar refractivity (Wildman–Crippen MR) is 77.5 cm³/mol. The zero-order valence-corrected chi connectivity index (χ0v) is 11.8. The van der Waals surface area contributed by atoms with Crippen molar-refractivity contribution in [3.8, 4) is 0 Å². The number of benzene rings is 1. The van der Waals surface area contributed by atoms with Crippen LogP contribution in [0.3, 0.4) is 0 Å². The topological polar surface area (TPSA) is 72.1 Å². The second-order valence-electron chi connectivity index (χ2n) is 4.22. The molecule has 1 heterocycles. The van der Waals surface area contributed by atoms with Crippen LogP contribution in [0.15, 0.2) is 24.3 Å². The number of amides is 1. The molecule has 1 aromatic heterocycles. The van der Waals surface area contributed by atoms with Gasteiger partial charge in [0.25, 0.3) is 5.91 Å². The molecule has 100 valence electrons. The molecule has 0 fully saturated rings. The van der Waals surface area contributed by atoms with E-state index in [-0.39, 0.29) is 5.91 Å². The maximum Gasteiger partial charge on any atom is 0.271 e. The lowest BCUT2D eigenvalue weighted by Crippen LogP contribution is -2.27. The highest BCUT2D eigenvalue weighted by atomic mass is 32.1. The predicted octanol–water partition coefficient (Wildman–Crippen LogP) is 2.35. The summed E-state index contributed by atoms with van der Waals surface area (Å²) in [5, 5.41) is 4.02. The van der Waals surface area contributed by atoms with E-state index in [9.17, 15) is 4.79 Å². The second-order valence-corrected chi connectivity index (χ2v) is 4.98. The summed E-state index contributed by atoms with van der Waals surface area (Å²) in [6, 6.07) is 7.29. The van der Waals surface area contributed by atoms with E-state index in [0.717, 1.165) is 30.1 Å². The number of nitrogens with two attached hydrogens (primary N) is 1. The van der Waals surface area contributed by atoms with Crippen molar-refractivity contribution in [2.45, 2.75) is 19.8 Å². The minimum Gasteiger partial charge on any atom is -0.397 e. The monoisotopic (exact) mass is 276 g/mol. The largest absolute Gasteiger partial charge is 0.397 e. The van der Waals surface area contributed by atoms with Gasteiger partial charge in [-0.1, -0.05) is 30.0 Å². The number of hydrogen-bond donors (Lipinski definition) is 1. The fourth-order valence-electron chi connectivity index (χ4n) is 1.83. The number of anilines is 2. The Balaban J connectivity index is 2.29. The molecule has 0 saturated heterocycles. The number of carbonyl (C=O) groups is 1. The van der Waals surface area contributed by atoms with Gasteiger partial charge in [0.1, 0.15) is 4.88 Å². The summed E-state index contributed by atoms with van der Waals surface area (Å²) in [6.45, 7) is 2.05. The summed E-state index contributed by atoms with van der Waals surface area (Å²) >= 11 is 1.13. The average molecular weight is 276 g/mol. The van der Waals surface area contributed by atoms with Crippen LogP contribution in [0.25, 0.3) is 0 Å². The van der Waals surface area contributed by atoms with Crippen LogP contribution in [0.2, 0.25) is 0 Å². The van der Waals surface area contributed by atoms with E-state index in [2.05, 4.69) is 9.59 Å². The maximum absolute atomic E-state index is 12.5. The standard InChI is InChI=1S/C13H16N4OS/c1-3-6-10-12(19-16-15-10)13(18)17(2)11-8-5-4-7-9(11)14/h4-5,7-8H,3,6,14H2,1-2H3. The Labute approximate surface area is 116 Å². The van der Waals surface area contributed by atoms with Gasteiger partial charge in [-0.25, -0.2) is 0 Å². The minimum atomic E-state index is -0.114. The van der Waals surface area contributed by atoms with Gasteiger partial charge in [0.2, 0.25) is 0 Å². The zero-order chi connectivity index (χ0) is 13.8. The van der Waals surface area contributed by atoms with Gasteiger partial charge in [-0.05, 0) is 30.1 Å². The third kappa shape index (κ3) is 2.73. The molecule has 0 spiro atoms. The normalized spacial score (nSPS) is 10.4. The number of para-hydroxylation sites is 2. The summed E-state index contributed by atoms with van der Waals surface area (Å²) in [5.74, 6) is -0.114. The van der Waals surface area contributed by atoms with Crippen molar-refractivity contribution in [2.75, 3.05) is 17.7 Å². The summed E-state index contributed by atoms with van der Waals surface area (Å²) in [5.41, 5.74) is 7.92. The van der Waals surface area contributed by atoms with Gasteiger partial charge in [0.15, 0.2) is 0 Å². The van der Waals surface area contributed by atoms with Crippen LogP contribution < -0.4 is 10.6 Å². The number of carbonyl (C=O) groups excluding carboxylic acids is 1. The Morgan fingerprint density at radius 3 is 2.84 bits per heavy atom. The van der Waals surface area contributed by atoms with Gasteiger partial charge in [-0.15, -0.1) is 5.10 Å². The maximum atomic E-state index is 12.5. The molecule has 5 nitrogen and oxygen atoms in total. The Bertz CT molecular complexity index is 582. The first-order valence-corrected chi connectivity index (χ1v) is 6.86. The molecule has 0 aliphatic heterocycles. The Morgan fingerprint density at radius 1 is 1.42 bits per heavy atom. The third-order valence-corrected chi connectivity index (χ3v) is 3.60. The van der Waals surface area contributed by atoms with Crippen LogP contribution in [-0.4, -0.2) is 22.5 Å². The van der Waals surface area contributed by atoms with Gasteiger partial charge in [-0.2, -0.15) is 0 Å². The molecule has 0 bridgehead atoms. The van der Waals surface area contributed by atoms with Crippen molar-refractivity contribution < 1.29 is 4.79 Å². The van der Waals surface area contributed by atoms with Crippen molar-refractivity contribution >= 4 is 28.8 Å². The highest BCUT2D eigenvalue weighted by Gasteiger charge is 2.21. The van der Waals surface area contributed by atoms with Crippen molar-refractivity contribution in [2.24, 2.45) is 0 Å². The van der Waals surface area contributed by atoms with Crippen LogP contribution in [0, 0.1) is 0 Å². The van der Waals surface area contributed by atoms with Crippen molar-refractivity contribution in [3.05, 3.63) is 34.8 Å². The van der Waals surface area contributed by atoms with Crippen molar-refractivity contribution in [1.29, 1.82) is 0 Å². The molecular weight excluding hydrogens is 260 g/mol. The molecule has 0 atom stereocenters. The van der Waals surface area contributed by atoms with E-state index in [4.69, 9.17) is 5.73 Å². The van der Waals surface area contributed by atoms with Gasteiger partial charge < -0.3 is 10.6 Å². The fourth-order valence-corrected chi connectivity index (χ4v) is 2.51. The molecule has 1 amide bonds. The molecule has 2 N–H and O–H groups in total. The number of hydrogen-bond acceptors (Lipinski definition) is 5. The molecule has 1 aromatic carbocycles. The van der Waals surface area contributed by atoms with Crippen LogP contribution in [0.5, 0.6) is 0 Å². The smallest absolute Gasteiger partial charge is 0.271 e. The van der Waals surface area contributed by atoms with Gasteiger partial charge in [0.05, 0.1) is 17.1 Å². The Kier molecular flexibility index (Phi) is 4.11. The van der Waals surface area contributed by atoms with E-state index in [1.807, 2.05) is 25.1 Å². The summed E-state index contributed by atoms with van der Waals surface area (Å²) in [7, 11) is 1.71. The highest BCUT2D eigenvalue weighted by molar-refractivity contribution is 7.08. The molecule has 19 heavy (non-hydrogen) atoms. The second kappa shape index (κ2) is 5.79. The summed E-state index contributed by atoms with van der Waals surface area (Å²) in [6.07, 6.45) is 1.69. The molecule has 2 rings (SSSR count). The molecular formula is C13H16N4OS. The van der Waals surface area contributed by atoms with Crippen LogP contribution >= 0.6 is 11.5 Å². The Hall–Kier alpha value is -1.95. The fraction of sp³-hybridized carbons (Fsp3) is 0.308. The number of aromatic nitrogens is 2. The summed E-state index contributed by atoms with van der Waals surface area (Å²) < 4.78 is 3.87. The van der Waals surface area contributed by atoms with E-state index in [0.29, 0.717) is 16.3 Å². The summed E-state index contributed by atoms with van der Waals surface area (Å²) in [4.78, 5) is 14.6. The average Bonchev–Trinajstić information content (AvgIpc) is 2.86. The van der Waals surface area contributed by atoms with E-state index in [1.165, 1.54) is 0 Å². The van der Waals surface area contributed by atoms with Gasteiger partial charge >= 0.3 is 0 Å². The lowest BCUT2D eigenvalue weighted by molar-refractivity contribution is 0.0996. The lowest BCUT2D eigenvalue weighted by atomic mass is 10.2.